The molecule has 0 aliphatic carbocycles. The van der Waals surface area contributed by atoms with Crippen LogP contribution in [0.15, 0.2) is 30.3 Å². The molecule has 0 fully saturated rings. The summed E-state index contributed by atoms with van der Waals surface area (Å²) >= 11 is 0. The van der Waals surface area contributed by atoms with Crippen LogP contribution in [0.2, 0.25) is 0 Å². The summed E-state index contributed by atoms with van der Waals surface area (Å²) in [6.45, 7) is 2.82. The Morgan fingerprint density at radius 2 is 1.51 bits per heavy atom. The van der Waals surface area contributed by atoms with E-state index in [2.05, 4.69) is 26.6 Å². The molecule has 0 heterocycles. The highest BCUT2D eigenvalue weighted by Crippen LogP contribution is 2.08. The lowest BCUT2D eigenvalue weighted by molar-refractivity contribution is -0.145. The third-order valence-corrected chi connectivity index (χ3v) is 5.22. The number of nitrogens with two attached hydrogens (primary N) is 1. The van der Waals surface area contributed by atoms with Gasteiger partial charge in [0.15, 0.2) is 0 Å². The van der Waals surface area contributed by atoms with Gasteiger partial charge in [-0.2, -0.15) is 0 Å². The molecule has 6 amide bonds. The summed E-state index contributed by atoms with van der Waals surface area (Å²) < 4.78 is 10.0. The third kappa shape index (κ3) is 17.0. The number of primary amides is 1. The molecule has 1 aromatic rings. The maximum atomic E-state index is 13.3. The number of rotatable bonds is 17. The lowest BCUT2D eigenvalue weighted by Crippen LogP contribution is -2.58. The van der Waals surface area contributed by atoms with Crippen LogP contribution in [0.5, 0.6) is 0 Å². The highest BCUT2D eigenvalue weighted by Gasteiger charge is 2.29. The predicted octanol–water partition coefficient (Wildman–Crippen LogP) is -2.24. The van der Waals surface area contributed by atoms with Gasteiger partial charge in [-0.05, 0) is 26.3 Å². The molecule has 0 saturated carbocycles. The van der Waals surface area contributed by atoms with Gasteiger partial charge in [-0.25, -0.2) is 4.79 Å². The van der Waals surface area contributed by atoms with E-state index in [0.717, 1.165) is 0 Å². The molecule has 0 bridgehead atoms. The van der Waals surface area contributed by atoms with Crippen molar-refractivity contribution < 1.29 is 48.1 Å². The van der Waals surface area contributed by atoms with Crippen LogP contribution < -0.4 is 32.3 Å². The molecular formula is C27H40N6O10. The van der Waals surface area contributed by atoms with Crippen molar-refractivity contribution in [2.75, 3.05) is 32.8 Å². The number of esters is 1. The van der Waals surface area contributed by atoms with E-state index >= 15 is 0 Å². The number of benzene rings is 1. The van der Waals surface area contributed by atoms with Gasteiger partial charge in [0.2, 0.25) is 29.5 Å². The molecule has 0 unspecified atom stereocenters. The summed E-state index contributed by atoms with van der Waals surface area (Å²) in [6, 6.07) is 6.03. The number of alkyl carbamates (subject to hydrolysis) is 1. The summed E-state index contributed by atoms with van der Waals surface area (Å²) in [5.74, 6) is -4.35. The molecule has 0 saturated heterocycles. The van der Waals surface area contributed by atoms with Crippen molar-refractivity contribution >= 4 is 41.6 Å². The summed E-state index contributed by atoms with van der Waals surface area (Å²) in [4.78, 5) is 85.2. The Labute approximate surface area is 248 Å². The maximum Gasteiger partial charge on any atom is 0.408 e. The van der Waals surface area contributed by atoms with Crippen molar-refractivity contribution in [3.63, 3.8) is 0 Å². The molecule has 43 heavy (non-hydrogen) atoms. The van der Waals surface area contributed by atoms with Crippen LogP contribution in [0.4, 0.5) is 4.79 Å². The van der Waals surface area contributed by atoms with Crippen molar-refractivity contribution in [2.45, 2.75) is 57.7 Å². The second-order valence-electron chi connectivity index (χ2n) is 10.2. The molecule has 16 nitrogen and oxygen atoms in total. The molecule has 0 radical (unpaired) electrons. The van der Waals surface area contributed by atoms with Crippen molar-refractivity contribution in [3.8, 4) is 0 Å². The molecule has 1 rings (SSSR count). The molecule has 0 spiro atoms. The maximum absolute atomic E-state index is 13.3. The average molecular weight is 609 g/mol. The van der Waals surface area contributed by atoms with Gasteiger partial charge < -0.3 is 46.9 Å². The lowest BCUT2D eigenvalue weighted by atomic mass is 10.0. The minimum Gasteiger partial charge on any atom is -0.465 e. The van der Waals surface area contributed by atoms with Crippen LogP contribution in [0.3, 0.4) is 0 Å². The normalized spacial score (nSPS) is 12.1. The highest BCUT2D eigenvalue weighted by molar-refractivity contribution is 5.94. The second-order valence-corrected chi connectivity index (χ2v) is 10.2. The fraction of sp³-hybridized carbons (Fsp3) is 0.519. The lowest BCUT2D eigenvalue weighted by Gasteiger charge is -2.25. The largest absolute Gasteiger partial charge is 0.465 e. The number of aliphatic hydroxyl groups excluding tert-OH is 1. The molecule has 0 aliphatic rings. The van der Waals surface area contributed by atoms with Crippen molar-refractivity contribution in [3.05, 3.63) is 35.9 Å². The van der Waals surface area contributed by atoms with Crippen molar-refractivity contribution in [1.82, 2.24) is 26.6 Å². The number of hydrogen-bond donors (Lipinski definition) is 7. The van der Waals surface area contributed by atoms with Gasteiger partial charge in [0.1, 0.15) is 24.3 Å². The van der Waals surface area contributed by atoms with Crippen LogP contribution in [0.25, 0.3) is 0 Å². The summed E-state index contributed by atoms with van der Waals surface area (Å²) in [6.07, 6.45) is -1.43. The first-order chi connectivity index (χ1) is 20.2. The Morgan fingerprint density at radius 3 is 2.12 bits per heavy atom. The van der Waals surface area contributed by atoms with E-state index in [1.165, 1.54) is 0 Å². The van der Waals surface area contributed by atoms with E-state index in [1.54, 1.807) is 51.1 Å². The molecule has 8 N–H and O–H groups in total. The molecule has 2 atom stereocenters. The molecule has 0 aliphatic heterocycles. The Morgan fingerprint density at radius 1 is 0.837 bits per heavy atom. The SMILES string of the molecule is CC(C)(C)OC(=O)N[C@@H](CNC(=O)CCOC(=O)CCO)C(=O)N[C@@H](Cc1ccccc1)C(=O)NCC(=O)NCC(N)=O. The van der Waals surface area contributed by atoms with Gasteiger partial charge in [-0.3, -0.25) is 28.8 Å². The zero-order chi connectivity index (χ0) is 32.4. The smallest absolute Gasteiger partial charge is 0.408 e. The van der Waals surface area contributed by atoms with Gasteiger partial charge in [0.05, 0.1) is 32.5 Å². The zero-order valence-corrected chi connectivity index (χ0v) is 24.4. The first kappa shape index (κ1) is 36.3. The monoisotopic (exact) mass is 608 g/mol. The third-order valence-electron chi connectivity index (χ3n) is 5.22. The molecule has 16 heteroatoms. The van der Waals surface area contributed by atoms with Crippen LogP contribution in [0.1, 0.15) is 39.2 Å². The van der Waals surface area contributed by atoms with Gasteiger partial charge in [0.25, 0.3) is 0 Å². The van der Waals surface area contributed by atoms with Gasteiger partial charge in [-0.1, -0.05) is 30.3 Å². The Balaban J connectivity index is 3.00. The van der Waals surface area contributed by atoms with Crippen LogP contribution in [-0.2, 0) is 44.7 Å². The minimum absolute atomic E-state index is 0.00599. The number of amides is 6. The quantitative estimate of drug-likeness (QED) is 0.0937. The number of aliphatic hydroxyl groups is 1. The summed E-state index contributed by atoms with van der Waals surface area (Å²) in [5, 5.41) is 20.7. The van der Waals surface area contributed by atoms with Gasteiger partial charge >= 0.3 is 12.1 Å². The molecular weight excluding hydrogens is 568 g/mol. The molecule has 0 aromatic heterocycles. The topological polar surface area (TPSA) is 244 Å². The first-order valence-electron chi connectivity index (χ1n) is 13.4. The van der Waals surface area contributed by atoms with E-state index in [9.17, 15) is 33.6 Å². The van der Waals surface area contributed by atoms with E-state index in [1.807, 2.05) is 0 Å². The Bertz CT molecular complexity index is 1120. The number of nitrogens with one attached hydrogen (secondary N) is 5. The summed E-state index contributed by atoms with van der Waals surface area (Å²) in [7, 11) is 0. The molecule has 1 aromatic carbocycles. The Hall–Kier alpha value is -4.73. The Kier molecular flexibility index (Phi) is 15.7. The minimum atomic E-state index is -1.40. The van der Waals surface area contributed by atoms with Crippen LogP contribution in [0, 0.1) is 0 Å². The number of carbonyl (C=O) groups excluding carboxylic acids is 7. The fourth-order valence-corrected chi connectivity index (χ4v) is 3.25. The standard InChI is InChI=1S/C27H40N6O10/c1-27(2,3)43-26(41)33-19(14-29-21(36)10-12-42-23(38)9-11-34)25(40)32-18(13-17-7-5-4-6-8-17)24(39)31-16-22(37)30-15-20(28)35/h4-8,18-19,34H,9-16H2,1-3H3,(H2,28,35)(H,29,36)(H,30,37)(H,31,39)(H,32,40)(H,33,41)/t18-,19-/m0/s1. The van der Waals surface area contributed by atoms with Crippen LogP contribution in [-0.4, -0.2) is 97.2 Å². The molecule has 238 valence electrons. The zero-order valence-electron chi connectivity index (χ0n) is 24.4. The van der Waals surface area contributed by atoms with E-state index < -0.39 is 85.5 Å². The van der Waals surface area contributed by atoms with Gasteiger partial charge in [0, 0.05) is 13.0 Å². The number of ether oxygens (including phenoxy) is 2. The van der Waals surface area contributed by atoms with Crippen LogP contribution >= 0.6 is 0 Å². The van der Waals surface area contributed by atoms with Crippen molar-refractivity contribution in [1.29, 1.82) is 0 Å². The number of hydrogen-bond acceptors (Lipinski definition) is 10. The van der Waals surface area contributed by atoms with E-state index in [4.69, 9.17) is 20.3 Å². The van der Waals surface area contributed by atoms with E-state index in [0.29, 0.717) is 5.56 Å². The summed E-state index contributed by atoms with van der Waals surface area (Å²) in [5.41, 5.74) is 4.75. The first-order valence-corrected chi connectivity index (χ1v) is 13.4. The van der Waals surface area contributed by atoms with Crippen molar-refractivity contribution in [2.24, 2.45) is 5.73 Å². The van der Waals surface area contributed by atoms with E-state index in [-0.39, 0.29) is 25.9 Å². The number of carbonyl (C=O) groups is 7. The second kappa shape index (κ2) is 18.7. The predicted molar refractivity (Wildman–Crippen MR) is 151 cm³/mol. The highest BCUT2D eigenvalue weighted by atomic mass is 16.6. The fourth-order valence-electron chi connectivity index (χ4n) is 3.25. The van der Waals surface area contributed by atoms with Gasteiger partial charge in [-0.15, -0.1) is 0 Å². The average Bonchev–Trinajstić information content (AvgIpc) is 2.92.